The van der Waals surface area contributed by atoms with Crippen LogP contribution in [0, 0.1) is 0 Å². The molecule has 0 spiro atoms. The van der Waals surface area contributed by atoms with Gasteiger partial charge in [-0.25, -0.2) is 0 Å². The topological polar surface area (TPSA) is 75.7 Å². The van der Waals surface area contributed by atoms with Gasteiger partial charge in [0.2, 0.25) is 5.91 Å². The van der Waals surface area contributed by atoms with Crippen molar-refractivity contribution in [2.24, 2.45) is 0 Å². The van der Waals surface area contributed by atoms with Crippen molar-refractivity contribution in [1.29, 1.82) is 0 Å². The molecule has 6 nitrogen and oxygen atoms in total. The molecule has 0 saturated carbocycles. The lowest BCUT2D eigenvalue weighted by Gasteiger charge is -2.26. The van der Waals surface area contributed by atoms with Crippen LogP contribution in [0.15, 0.2) is 54.6 Å². The predicted octanol–water partition coefficient (Wildman–Crippen LogP) is 2.19. The van der Waals surface area contributed by atoms with Crippen LogP contribution in [0.2, 0.25) is 0 Å². The Labute approximate surface area is 163 Å². The van der Waals surface area contributed by atoms with Gasteiger partial charge in [-0.2, -0.15) is 0 Å². The quantitative estimate of drug-likeness (QED) is 0.782. The van der Waals surface area contributed by atoms with Crippen molar-refractivity contribution in [3.63, 3.8) is 0 Å². The molecular formula is C22H22N2O4. The fourth-order valence-corrected chi connectivity index (χ4v) is 3.77. The molecule has 28 heavy (non-hydrogen) atoms. The highest BCUT2D eigenvalue weighted by Gasteiger charge is 2.42. The molecule has 2 aromatic carbocycles. The summed E-state index contributed by atoms with van der Waals surface area (Å²) in [4.78, 5) is 39.9. The lowest BCUT2D eigenvalue weighted by Crippen LogP contribution is -2.51. The van der Waals surface area contributed by atoms with Crippen molar-refractivity contribution in [2.45, 2.75) is 31.4 Å². The van der Waals surface area contributed by atoms with Crippen LogP contribution in [0.1, 0.15) is 39.1 Å². The molecule has 3 amide bonds. The summed E-state index contributed by atoms with van der Waals surface area (Å²) in [7, 11) is 0. The van der Waals surface area contributed by atoms with E-state index in [4.69, 9.17) is 4.74 Å². The highest BCUT2D eigenvalue weighted by Crippen LogP contribution is 2.26. The minimum absolute atomic E-state index is 0.0106. The molecule has 4 rings (SSSR count). The van der Waals surface area contributed by atoms with E-state index in [1.54, 1.807) is 24.3 Å². The summed E-state index contributed by atoms with van der Waals surface area (Å²) in [5.41, 5.74) is 1.58. The Bertz CT molecular complexity index is 855. The van der Waals surface area contributed by atoms with Crippen LogP contribution in [-0.4, -0.2) is 47.9 Å². The van der Waals surface area contributed by atoms with E-state index in [1.807, 2.05) is 30.3 Å². The van der Waals surface area contributed by atoms with E-state index < -0.39 is 17.9 Å². The molecule has 0 unspecified atom stereocenters. The first-order valence-corrected chi connectivity index (χ1v) is 9.55. The van der Waals surface area contributed by atoms with Crippen LogP contribution in [0.4, 0.5) is 0 Å². The molecule has 2 aromatic rings. The molecule has 0 aliphatic carbocycles. The Morgan fingerprint density at radius 1 is 1.04 bits per heavy atom. The van der Waals surface area contributed by atoms with Gasteiger partial charge in [0, 0.05) is 19.6 Å². The zero-order chi connectivity index (χ0) is 19.5. The van der Waals surface area contributed by atoms with Crippen molar-refractivity contribution < 1.29 is 19.1 Å². The van der Waals surface area contributed by atoms with Gasteiger partial charge in [-0.1, -0.05) is 42.5 Å². The second-order valence-electron chi connectivity index (χ2n) is 7.11. The monoisotopic (exact) mass is 378 g/mol. The summed E-state index contributed by atoms with van der Waals surface area (Å²) in [6, 6.07) is 15.2. The average Bonchev–Trinajstić information content (AvgIpc) is 3.33. The molecule has 2 atom stereocenters. The predicted molar refractivity (Wildman–Crippen MR) is 103 cm³/mol. The number of ether oxygens (including phenoxy) is 1. The van der Waals surface area contributed by atoms with E-state index in [0.29, 0.717) is 24.3 Å². The van der Waals surface area contributed by atoms with Gasteiger partial charge in [-0.05, 0) is 30.5 Å². The third-order valence-corrected chi connectivity index (χ3v) is 5.24. The van der Waals surface area contributed by atoms with E-state index in [1.165, 1.54) is 0 Å². The van der Waals surface area contributed by atoms with E-state index in [-0.39, 0.29) is 18.4 Å². The third-order valence-electron chi connectivity index (χ3n) is 5.24. The molecule has 6 heteroatoms. The van der Waals surface area contributed by atoms with Gasteiger partial charge in [0.25, 0.3) is 11.8 Å². The first-order chi connectivity index (χ1) is 13.6. The van der Waals surface area contributed by atoms with Gasteiger partial charge in [-0.3, -0.25) is 19.3 Å². The number of carbonyl (C=O) groups excluding carboxylic acids is 3. The number of carbonyl (C=O) groups is 3. The maximum Gasteiger partial charge on any atom is 0.262 e. The zero-order valence-electron chi connectivity index (χ0n) is 15.5. The molecule has 2 aliphatic heterocycles. The normalized spacial score (nSPS) is 19.6. The first-order valence-electron chi connectivity index (χ1n) is 9.55. The number of imide groups is 1. The van der Waals surface area contributed by atoms with E-state index in [2.05, 4.69) is 5.32 Å². The second kappa shape index (κ2) is 7.94. The summed E-state index contributed by atoms with van der Waals surface area (Å²) >= 11 is 0. The fraction of sp³-hybridized carbons (Fsp3) is 0.318. The number of hydrogen-bond acceptors (Lipinski definition) is 4. The Morgan fingerprint density at radius 3 is 2.29 bits per heavy atom. The maximum atomic E-state index is 13.0. The summed E-state index contributed by atoms with van der Waals surface area (Å²) in [6.07, 6.45) is 2.13. The van der Waals surface area contributed by atoms with Crippen molar-refractivity contribution in [3.05, 3.63) is 71.3 Å². The lowest BCUT2D eigenvalue weighted by molar-refractivity contribution is -0.125. The lowest BCUT2D eigenvalue weighted by atomic mass is 10.0. The Balaban J connectivity index is 1.58. The van der Waals surface area contributed by atoms with Crippen LogP contribution in [-0.2, 0) is 16.0 Å². The zero-order valence-corrected chi connectivity index (χ0v) is 15.5. The minimum Gasteiger partial charge on any atom is -0.376 e. The summed E-state index contributed by atoms with van der Waals surface area (Å²) in [5.74, 6) is -1.18. The largest absolute Gasteiger partial charge is 0.376 e. The van der Waals surface area contributed by atoms with Crippen molar-refractivity contribution >= 4 is 17.7 Å². The second-order valence-corrected chi connectivity index (χ2v) is 7.11. The van der Waals surface area contributed by atoms with Crippen molar-refractivity contribution in [3.8, 4) is 0 Å². The van der Waals surface area contributed by atoms with Gasteiger partial charge in [-0.15, -0.1) is 0 Å². The highest BCUT2D eigenvalue weighted by molar-refractivity contribution is 6.22. The van der Waals surface area contributed by atoms with Crippen LogP contribution in [0.5, 0.6) is 0 Å². The molecule has 144 valence electrons. The van der Waals surface area contributed by atoms with Crippen LogP contribution < -0.4 is 5.32 Å². The number of fused-ring (bicyclic) bond motifs is 1. The molecule has 2 aliphatic rings. The van der Waals surface area contributed by atoms with E-state index >= 15 is 0 Å². The van der Waals surface area contributed by atoms with E-state index in [9.17, 15) is 14.4 Å². The van der Waals surface area contributed by atoms with Crippen LogP contribution in [0.25, 0.3) is 0 Å². The smallest absolute Gasteiger partial charge is 0.262 e. The Morgan fingerprint density at radius 2 is 1.68 bits per heavy atom. The molecular weight excluding hydrogens is 356 g/mol. The van der Waals surface area contributed by atoms with Gasteiger partial charge in [0.1, 0.15) is 6.04 Å². The van der Waals surface area contributed by atoms with Gasteiger partial charge >= 0.3 is 0 Å². The molecule has 1 N–H and O–H groups in total. The standard InChI is InChI=1S/C22H22N2O4/c25-20(23-14-16-9-6-12-28-16)19(13-15-7-2-1-3-8-15)24-21(26)17-10-4-5-11-18(17)22(24)27/h1-5,7-8,10-11,16,19H,6,9,12-14H2,(H,23,25)/t16-,19-/m1/s1. The van der Waals surface area contributed by atoms with Gasteiger partial charge < -0.3 is 10.1 Å². The van der Waals surface area contributed by atoms with Crippen molar-refractivity contribution in [1.82, 2.24) is 10.2 Å². The molecule has 1 fully saturated rings. The SMILES string of the molecule is O=C(NC[C@H]1CCCO1)[C@@H](Cc1ccccc1)N1C(=O)c2ccccc2C1=O. The van der Waals surface area contributed by atoms with E-state index in [0.717, 1.165) is 23.3 Å². The highest BCUT2D eigenvalue weighted by atomic mass is 16.5. The number of benzene rings is 2. The Hall–Kier alpha value is -2.99. The van der Waals surface area contributed by atoms with Crippen LogP contribution >= 0.6 is 0 Å². The number of hydrogen-bond donors (Lipinski definition) is 1. The number of amides is 3. The summed E-state index contributed by atoms with van der Waals surface area (Å²) in [5, 5.41) is 2.88. The minimum atomic E-state index is -0.906. The number of nitrogens with one attached hydrogen (secondary N) is 1. The summed E-state index contributed by atoms with van der Waals surface area (Å²) in [6.45, 7) is 1.08. The van der Waals surface area contributed by atoms with Gasteiger partial charge in [0.05, 0.1) is 17.2 Å². The molecule has 2 heterocycles. The maximum absolute atomic E-state index is 13.0. The van der Waals surface area contributed by atoms with Crippen LogP contribution in [0.3, 0.4) is 0 Å². The van der Waals surface area contributed by atoms with Crippen molar-refractivity contribution in [2.75, 3.05) is 13.2 Å². The first kappa shape index (κ1) is 18.4. The molecule has 1 saturated heterocycles. The summed E-state index contributed by atoms with van der Waals surface area (Å²) < 4.78 is 5.56. The molecule has 0 aromatic heterocycles. The van der Waals surface area contributed by atoms with Gasteiger partial charge in [0.15, 0.2) is 0 Å². The fourth-order valence-electron chi connectivity index (χ4n) is 3.77. The number of nitrogens with zero attached hydrogens (tertiary/aromatic N) is 1. The number of rotatable bonds is 6. The molecule has 0 radical (unpaired) electrons. The molecule has 0 bridgehead atoms. The average molecular weight is 378 g/mol. The third kappa shape index (κ3) is 3.55. The Kier molecular flexibility index (Phi) is 5.21.